The van der Waals surface area contributed by atoms with E-state index in [-0.39, 0.29) is 17.9 Å². The van der Waals surface area contributed by atoms with Gasteiger partial charge in [-0.1, -0.05) is 27.7 Å². The van der Waals surface area contributed by atoms with Crippen molar-refractivity contribution in [2.24, 2.45) is 16.8 Å². The number of ether oxygens (including phenoxy) is 1. The van der Waals surface area contributed by atoms with Crippen LogP contribution in [0.3, 0.4) is 0 Å². The molecule has 3 nitrogen and oxygen atoms in total. The van der Waals surface area contributed by atoms with E-state index in [1.54, 1.807) is 6.21 Å². The van der Waals surface area contributed by atoms with Crippen LogP contribution >= 0.6 is 0 Å². The molecule has 1 rings (SSSR count). The highest BCUT2D eigenvalue weighted by Crippen LogP contribution is 2.20. The molecule has 0 radical (unpaired) electrons. The standard InChI is InChI=1S/C12H19NO2/c1-8(2)11-10(5-6-13-11)7-15-12(14)9(3)4/h5-6,8-9,11H,7H2,1-4H3. The van der Waals surface area contributed by atoms with Crippen LogP contribution in [0.2, 0.25) is 0 Å². The predicted octanol–water partition coefficient (Wildman–Crippen LogP) is 2.22. The van der Waals surface area contributed by atoms with E-state index in [0.29, 0.717) is 12.5 Å². The summed E-state index contributed by atoms with van der Waals surface area (Å²) in [6.07, 6.45) is 3.74. The Morgan fingerprint density at radius 2 is 2.13 bits per heavy atom. The van der Waals surface area contributed by atoms with Crippen LogP contribution in [0.15, 0.2) is 16.6 Å². The first kappa shape index (κ1) is 12.0. The molecule has 3 heteroatoms. The van der Waals surface area contributed by atoms with Crippen molar-refractivity contribution in [2.75, 3.05) is 6.61 Å². The normalized spacial score (nSPS) is 19.9. The lowest BCUT2D eigenvalue weighted by molar-refractivity contribution is -0.146. The molecule has 0 fully saturated rings. The summed E-state index contributed by atoms with van der Waals surface area (Å²) in [4.78, 5) is 15.6. The smallest absolute Gasteiger partial charge is 0.308 e. The van der Waals surface area contributed by atoms with Gasteiger partial charge in [-0.15, -0.1) is 0 Å². The fourth-order valence-corrected chi connectivity index (χ4v) is 1.48. The van der Waals surface area contributed by atoms with Crippen LogP contribution in [-0.4, -0.2) is 24.8 Å². The first-order valence-electron chi connectivity index (χ1n) is 5.41. The first-order chi connectivity index (χ1) is 7.02. The lowest BCUT2D eigenvalue weighted by atomic mass is 9.98. The van der Waals surface area contributed by atoms with Gasteiger partial charge >= 0.3 is 5.97 Å². The second-order valence-corrected chi connectivity index (χ2v) is 4.49. The molecule has 1 aliphatic rings. The van der Waals surface area contributed by atoms with Crippen LogP contribution in [0.4, 0.5) is 0 Å². The molecular formula is C12H19NO2. The average molecular weight is 209 g/mol. The van der Waals surface area contributed by atoms with Gasteiger partial charge in [0.05, 0.1) is 12.0 Å². The van der Waals surface area contributed by atoms with E-state index >= 15 is 0 Å². The molecule has 0 aliphatic carbocycles. The van der Waals surface area contributed by atoms with Gasteiger partial charge in [-0.2, -0.15) is 0 Å². The Kier molecular flexibility index (Phi) is 4.06. The number of hydrogen-bond acceptors (Lipinski definition) is 3. The first-order valence-corrected chi connectivity index (χ1v) is 5.41. The maximum Gasteiger partial charge on any atom is 0.308 e. The van der Waals surface area contributed by atoms with Crippen LogP contribution in [0.5, 0.6) is 0 Å². The summed E-state index contributed by atoms with van der Waals surface area (Å²) in [6.45, 7) is 8.28. The van der Waals surface area contributed by atoms with Crippen molar-refractivity contribution in [3.05, 3.63) is 11.6 Å². The summed E-state index contributed by atoms with van der Waals surface area (Å²) in [5.41, 5.74) is 1.10. The Labute approximate surface area is 91.2 Å². The Bertz CT molecular complexity index is 290. The molecular weight excluding hydrogens is 190 g/mol. The Morgan fingerprint density at radius 3 is 2.67 bits per heavy atom. The molecule has 0 amide bonds. The van der Waals surface area contributed by atoms with Crippen molar-refractivity contribution in [1.29, 1.82) is 0 Å². The van der Waals surface area contributed by atoms with Gasteiger partial charge in [-0.05, 0) is 17.6 Å². The lowest BCUT2D eigenvalue weighted by Gasteiger charge is -2.17. The molecule has 0 saturated heterocycles. The van der Waals surface area contributed by atoms with Gasteiger partial charge in [0.15, 0.2) is 0 Å². The molecule has 15 heavy (non-hydrogen) atoms. The zero-order chi connectivity index (χ0) is 11.4. The molecule has 1 aliphatic heterocycles. The molecule has 0 bridgehead atoms. The fraction of sp³-hybridized carbons (Fsp3) is 0.667. The van der Waals surface area contributed by atoms with Gasteiger partial charge in [-0.25, -0.2) is 0 Å². The Balaban J connectivity index is 2.44. The van der Waals surface area contributed by atoms with Gasteiger partial charge in [0, 0.05) is 6.21 Å². The quantitative estimate of drug-likeness (QED) is 0.666. The van der Waals surface area contributed by atoms with Crippen LogP contribution in [0.1, 0.15) is 27.7 Å². The molecule has 0 aromatic rings. The zero-order valence-electron chi connectivity index (χ0n) is 9.86. The Morgan fingerprint density at radius 1 is 1.47 bits per heavy atom. The van der Waals surface area contributed by atoms with Gasteiger partial charge in [0.2, 0.25) is 0 Å². The van der Waals surface area contributed by atoms with E-state index in [4.69, 9.17) is 4.74 Å². The van der Waals surface area contributed by atoms with Gasteiger partial charge in [0.25, 0.3) is 0 Å². The third-order valence-corrected chi connectivity index (χ3v) is 2.40. The summed E-state index contributed by atoms with van der Waals surface area (Å²) in [5.74, 6) is 0.239. The second kappa shape index (κ2) is 5.10. The SMILES string of the molecule is CC(C)C(=O)OCC1=CC=NC1C(C)C. The largest absolute Gasteiger partial charge is 0.461 e. The molecule has 0 N–H and O–H groups in total. The van der Waals surface area contributed by atoms with Crippen LogP contribution in [0.25, 0.3) is 0 Å². The number of aliphatic imine (C=N–C) groups is 1. The summed E-state index contributed by atoms with van der Waals surface area (Å²) in [6, 6.07) is 0.185. The third-order valence-electron chi connectivity index (χ3n) is 2.40. The van der Waals surface area contributed by atoms with E-state index < -0.39 is 0 Å². The molecule has 0 aromatic heterocycles. The van der Waals surface area contributed by atoms with Crippen molar-refractivity contribution in [3.8, 4) is 0 Å². The highest BCUT2D eigenvalue weighted by atomic mass is 16.5. The number of nitrogens with zero attached hydrogens (tertiary/aromatic N) is 1. The van der Waals surface area contributed by atoms with Crippen LogP contribution in [-0.2, 0) is 9.53 Å². The number of carbonyl (C=O) groups is 1. The maximum atomic E-state index is 11.3. The van der Waals surface area contributed by atoms with Crippen molar-refractivity contribution in [3.63, 3.8) is 0 Å². The molecule has 0 spiro atoms. The zero-order valence-corrected chi connectivity index (χ0v) is 9.86. The molecule has 1 atom stereocenters. The molecule has 0 aromatic carbocycles. The van der Waals surface area contributed by atoms with Crippen molar-refractivity contribution >= 4 is 12.2 Å². The van der Waals surface area contributed by atoms with Crippen LogP contribution in [0, 0.1) is 11.8 Å². The van der Waals surface area contributed by atoms with E-state index in [0.717, 1.165) is 5.57 Å². The van der Waals surface area contributed by atoms with Gasteiger partial charge in [0.1, 0.15) is 6.61 Å². The average Bonchev–Trinajstić information content (AvgIpc) is 2.61. The summed E-state index contributed by atoms with van der Waals surface area (Å²) in [5, 5.41) is 0. The number of hydrogen-bond donors (Lipinski definition) is 0. The van der Waals surface area contributed by atoms with E-state index in [2.05, 4.69) is 18.8 Å². The second-order valence-electron chi connectivity index (χ2n) is 4.49. The number of esters is 1. The maximum absolute atomic E-state index is 11.3. The number of rotatable bonds is 4. The topological polar surface area (TPSA) is 38.7 Å². The van der Waals surface area contributed by atoms with Crippen molar-refractivity contribution in [2.45, 2.75) is 33.7 Å². The Hall–Kier alpha value is -1.12. The van der Waals surface area contributed by atoms with Crippen molar-refractivity contribution < 1.29 is 9.53 Å². The molecule has 0 saturated carbocycles. The predicted molar refractivity (Wildman–Crippen MR) is 61.0 cm³/mol. The van der Waals surface area contributed by atoms with Crippen LogP contribution < -0.4 is 0 Å². The minimum atomic E-state index is -0.148. The van der Waals surface area contributed by atoms with E-state index in [1.165, 1.54) is 0 Å². The summed E-state index contributed by atoms with van der Waals surface area (Å²) < 4.78 is 5.18. The third kappa shape index (κ3) is 3.18. The van der Waals surface area contributed by atoms with Gasteiger partial charge < -0.3 is 4.74 Å². The number of allylic oxidation sites excluding steroid dienone is 1. The van der Waals surface area contributed by atoms with E-state index in [9.17, 15) is 4.79 Å². The minimum Gasteiger partial charge on any atom is -0.461 e. The lowest BCUT2D eigenvalue weighted by Crippen LogP contribution is -2.20. The molecule has 84 valence electrons. The monoisotopic (exact) mass is 209 g/mol. The summed E-state index contributed by atoms with van der Waals surface area (Å²) >= 11 is 0. The molecule has 1 unspecified atom stereocenters. The highest BCUT2D eigenvalue weighted by Gasteiger charge is 2.21. The van der Waals surface area contributed by atoms with Crippen molar-refractivity contribution in [1.82, 2.24) is 0 Å². The summed E-state index contributed by atoms with van der Waals surface area (Å²) in [7, 11) is 0. The number of carbonyl (C=O) groups excluding carboxylic acids is 1. The minimum absolute atomic E-state index is 0.0644. The highest BCUT2D eigenvalue weighted by molar-refractivity contribution is 5.77. The molecule has 1 heterocycles. The fourth-order valence-electron chi connectivity index (χ4n) is 1.48. The van der Waals surface area contributed by atoms with E-state index in [1.807, 2.05) is 19.9 Å². The van der Waals surface area contributed by atoms with Gasteiger partial charge in [-0.3, -0.25) is 9.79 Å².